The van der Waals surface area contributed by atoms with Crippen LogP contribution in [-0.2, 0) is 29.2 Å². The van der Waals surface area contributed by atoms with Gasteiger partial charge in [0, 0.05) is 26.5 Å². The van der Waals surface area contributed by atoms with E-state index in [1.165, 1.54) is 0 Å². The third-order valence-corrected chi connectivity index (χ3v) is 5.39. The summed E-state index contributed by atoms with van der Waals surface area (Å²) in [5, 5.41) is 0.953. The molecule has 0 aliphatic heterocycles. The van der Waals surface area contributed by atoms with Gasteiger partial charge in [0.2, 0.25) is 0 Å². The molecule has 0 atom stereocenters. The fourth-order valence-corrected chi connectivity index (χ4v) is 3.94. The van der Waals surface area contributed by atoms with Gasteiger partial charge in [0.25, 0.3) is 0 Å². The van der Waals surface area contributed by atoms with Crippen molar-refractivity contribution in [1.29, 1.82) is 0 Å². The van der Waals surface area contributed by atoms with Crippen molar-refractivity contribution in [3.8, 4) is 11.5 Å². The first-order chi connectivity index (χ1) is 15.6. The Bertz CT molecular complexity index is 1200. The number of hydrogen-bond acceptors (Lipinski definition) is 5. The lowest BCUT2D eigenvalue weighted by Gasteiger charge is -2.11. The molecule has 0 radical (unpaired) electrons. The third kappa shape index (κ3) is 5.32. The van der Waals surface area contributed by atoms with E-state index in [1.807, 2.05) is 66.7 Å². The first kappa shape index (κ1) is 22.0. The summed E-state index contributed by atoms with van der Waals surface area (Å²) in [6.07, 6.45) is 1.87. The van der Waals surface area contributed by atoms with Crippen LogP contribution in [0.15, 0.2) is 81.9 Å². The van der Waals surface area contributed by atoms with Crippen molar-refractivity contribution in [2.24, 2.45) is 0 Å². The molecular formula is C26H23BrO5. The number of benzene rings is 3. The number of rotatable bonds is 9. The highest BCUT2D eigenvalue weighted by Crippen LogP contribution is 2.31. The van der Waals surface area contributed by atoms with E-state index in [-0.39, 0.29) is 12.4 Å². The minimum absolute atomic E-state index is 0.169. The number of fused-ring (bicyclic) bond motifs is 1. The van der Waals surface area contributed by atoms with Gasteiger partial charge in [0.15, 0.2) is 0 Å². The number of furan rings is 1. The van der Waals surface area contributed by atoms with Crippen LogP contribution in [0.3, 0.4) is 0 Å². The van der Waals surface area contributed by atoms with Gasteiger partial charge in [-0.1, -0.05) is 52.3 Å². The maximum Gasteiger partial charge on any atom is 0.310 e. The SMILES string of the molecule is CCOC(=O)Cc1ccccc1OCc1coc2c(COc3ccccc3)cc(Br)cc12. The van der Waals surface area contributed by atoms with Gasteiger partial charge in [-0.15, -0.1) is 0 Å². The van der Waals surface area contributed by atoms with Gasteiger partial charge in [-0.25, -0.2) is 0 Å². The Labute approximate surface area is 195 Å². The van der Waals surface area contributed by atoms with Gasteiger partial charge in [0.05, 0.1) is 19.3 Å². The van der Waals surface area contributed by atoms with Crippen molar-refractivity contribution in [3.63, 3.8) is 0 Å². The highest BCUT2D eigenvalue weighted by Gasteiger charge is 2.15. The predicted octanol–water partition coefficient (Wildman–Crippen LogP) is 6.46. The molecule has 3 aromatic carbocycles. The van der Waals surface area contributed by atoms with Crippen LogP contribution >= 0.6 is 15.9 Å². The van der Waals surface area contributed by atoms with Crippen molar-refractivity contribution in [1.82, 2.24) is 0 Å². The molecule has 4 aromatic rings. The number of ether oxygens (including phenoxy) is 3. The molecule has 0 saturated carbocycles. The summed E-state index contributed by atoms with van der Waals surface area (Å²) in [5.41, 5.74) is 3.40. The Balaban J connectivity index is 1.51. The second-order valence-electron chi connectivity index (χ2n) is 7.18. The number of para-hydroxylation sites is 2. The summed E-state index contributed by atoms with van der Waals surface area (Å²) >= 11 is 3.59. The molecule has 0 bridgehead atoms. The average Bonchev–Trinajstić information content (AvgIpc) is 3.20. The third-order valence-electron chi connectivity index (χ3n) is 4.93. The molecule has 1 heterocycles. The molecule has 0 amide bonds. The molecule has 1 aromatic heterocycles. The van der Waals surface area contributed by atoms with E-state index >= 15 is 0 Å². The van der Waals surface area contributed by atoms with Crippen LogP contribution in [0.4, 0.5) is 0 Å². The van der Waals surface area contributed by atoms with Gasteiger partial charge in [0.1, 0.15) is 30.3 Å². The standard InChI is InChI=1S/C26H23BrO5/c1-2-29-25(28)13-18-8-6-7-11-24(18)31-16-20-17-32-26-19(12-21(27)14-23(20)26)15-30-22-9-4-3-5-10-22/h3-12,14,17H,2,13,15-16H2,1H3. The lowest BCUT2D eigenvalue weighted by molar-refractivity contribution is -0.142. The second-order valence-corrected chi connectivity index (χ2v) is 8.10. The van der Waals surface area contributed by atoms with Crippen LogP contribution in [-0.4, -0.2) is 12.6 Å². The van der Waals surface area contributed by atoms with E-state index in [4.69, 9.17) is 18.6 Å². The highest BCUT2D eigenvalue weighted by atomic mass is 79.9. The number of hydrogen-bond donors (Lipinski definition) is 0. The quantitative estimate of drug-likeness (QED) is 0.250. The molecule has 0 saturated heterocycles. The van der Waals surface area contributed by atoms with E-state index in [0.717, 1.165) is 37.9 Å². The van der Waals surface area contributed by atoms with Crippen LogP contribution in [0.2, 0.25) is 0 Å². The Morgan fingerprint density at radius 3 is 2.47 bits per heavy atom. The Morgan fingerprint density at radius 1 is 0.906 bits per heavy atom. The number of esters is 1. The zero-order valence-electron chi connectivity index (χ0n) is 17.7. The fraction of sp³-hybridized carbons (Fsp3) is 0.192. The van der Waals surface area contributed by atoms with Crippen LogP contribution in [0.5, 0.6) is 11.5 Å². The Hall–Kier alpha value is -3.25. The molecule has 5 nitrogen and oxygen atoms in total. The minimum Gasteiger partial charge on any atom is -0.489 e. The van der Waals surface area contributed by atoms with E-state index < -0.39 is 0 Å². The van der Waals surface area contributed by atoms with Gasteiger partial charge in [-0.2, -0.15) is 0 Å². The Kier molecular flexibility index (Phi) is 7.12. The zero-order valence-corrected chi connectivity index (χ0v) is 19.3. The Morgan fingerprint density at radius 2 is 1.66 bits per heavy atom. The molecule has 0 aliphatic rings. The van der Waals surface area contributed by atoms with Crippen LogP contribution in [0.1, 0.15) is 23.6 Å². The number of halogens is 1. The van der Waals surface area contributed by atoms with Crippen LogP contribution < -0.4 is 9.47 Å². The van der Waals surface area contributed by atoms with Crippen molar-refractivity contribution in [2.75, 3.05) is 6.61 Å². The fourth-order valence-electron chi connectivity index (χ4n) is 3.43. The minimum atomic E-state index is -0.274. The summed E-state index contributed by atoms with van der Waals surface area (Å²) in [7, 11) is 0. The highest BCUT2D eigenvalue weighted by molar-refractivity contribution is 9.10. The zero-order chi connectivity index (χ0) is 22.3. The summed E-state index contributed by atoms with van der Waals surface area (Å²) in [4.78, 5) is 11.9. The van der Waals surface area contributed by atoms with Crippen molar-refractivity contribution in [3.05, 3.63) is 94.2 Å². The van der Waals surface area contributed by atoms with Gasteiger partial charge >= 0.3 is 5.97 Å². The lowest BCUT2D eigenvalue weighted by Crippen LogP contribution is -2.09. The molecular weight excluding hydrogens is 472 g/mol. The molecule has 164 valence electrons. The summed E-state index contributed by atoms with van der Waals surface area (Å²) in [6, 6.07) is 21.2. The first-order valence-electron chi connectivity index (χ1n) is 10.4. The molecule has 0 spiro atoms. The molecule has 0 aliphatic carbocycles. The van der Waals surface area contributed by atoms with E-state index in [2.05, 4.69) is 15.9 Å². The van der Waals surface area contributed by atoms with E-state index in [9.17, 15) is 4.79 Å². The van der Waals surface area contributed by atoms with E-state index in [0.29, 0.717) is 25.6 Å². The first-order valence-corrected chi connectivity index (χ1v) is 11.2. The second kappa shape index (κ2) is 10.4. The molecule has 0 N–H and O–H groups in total. The van der Waals surface area contributed by atoms with Crippen LogP contribution in [0.25, 0.3) is 11.0 Å². The number of carbonyl (C=O) groups excluding carboxylic acids is 1. The molecule has 0 fully saturated rings. The number of carbonyl (C=O) groups is 1. The van der Waals surface area contributed by atoms with Gasteiger partial charge in [-0.3, -0.25) is 4.79 Å². The van der Waals surface area contributed by atoms with Crippen LogP contribution in [0, 0.1) is 0 Å². The molecule has 32 heavy (non-hydrogen) atoms. The lowest BCUT2D eigenvalue weighted by atomic mass is 10.1. The normalized spacial score (nSPS) is 10.8. The smallest absolute Gasteiger partial charge is 0.310 e. The van der Waals surface area contributed by atoms with Gasteiger partial charge in [-0.05, 0) is 37.3 Å². The van der Waals surface area contributed by atoms with Gasteiger partial charge < -0.3 is 18.6 Å². The van der Waals surface area contributed by atoms with Crippen molar-refractivity contribution in [2.45, 2.75) is 26.6 Å². The van der Waals surface area contributed by atoms with Crippen molar-refractivity contribution >= 4 is 32.9 Å². The average molecular weight is 495 g/mol. The van der Waals surface area contributed by atoms with Crippen molar-refractivity contribution < 1.29 is 23.4 Å². The maximum atomic E-state index is 11.9. The monoisotopic (exact) mass is 494 g/mol. The largest absolute Gasteiger partial charge is 0.489 e. The summed E-state index contributed by atoms with van der Waals surface area (Å²) in [6.45, 7) is 2.84. The maximum absolute atomic E-state index is 11.9. The topological polar surface area (TPSA) is 57.9 Å². The molecule has 6 heteroatoms. The van der Waals surface area contributed by atoms with E-state index in [1.54, 1.807) is 13.2 Å². The predicted molar refractivity (Wildman–Crippen MR) is 126 cm³/mol. The summed E-state index contributed by atoms with van der Waals surface area (Å²) in [5.74, 6) is 1.18. The summed E-state index contributed by atoms with van der Waals surface area (Å²) < 4.78 is 23.9. The molecule has 4 rings (SSSR count). The molecule has 0 unspecified atom stereocenters.